The Labute approximate surface area is 111 Å². The Kier molecular flexibility index (Phi) is 2.97. The topological polar surface area (TPSA) is 35.2 Å². The van der Waals surface area contributed by atoms with E-state index in [1.54, 1.807) is 7.11 Å². The van der Waals surface area contributed by atoms with Gasteiger partial charge in [-0.05, 0) is 49.3 Å². The number of nitrogens with two attached hydrogens (primary N) is 1. The van der Waals surface area contributed by atoms with E-state index < -0.39 is 0 Å². The number of hydrogen-bond donors (Lipinski definition) is 1. The molecule has 100 valence electrons. The van der Waals surface area contributed by atoms with Gasteiger partial charge < -0.3 is 10.5 Å². The molecular formula is C16H25NO. The van der Waals surface area contributed by atoms with E-state index in [0.717, 1.165) is 12.2 Å². The van der Waals surface area contributed by atoms with Crippen molar-refractivity contribution in [2.45, 2.75) is 46.5 Å². The molecule has 1 saturated carbocycles. The van der Waals surface area contributed by atoms with Gasteiger partial charge in [0, 0.05) is 17.5 Å². The third-order valence-electron chi connectivity index (χ3n) is 4.93. The number of rotatable bonds is 3. The average Bonchev–Trinajstić information content (AvgIpc) is 2.86. The summed E-state index contributed by atoms with van der Waals surface area (Å²) in [5.41, 5.74) is 11.7. The summed E-state index contributed by atoms with van der Waals surface area (Å²) in [6, 6.07) is 2.26. The predicted octanol–water partition coefficient (Wildman–Crippen LogP) is 3.25. The van der Waals surface area contributed by atoms with Gasteiger partial charge in [0.1, 0.15) is 5.75 Å². The Balaban J connectivity index is 2.69. The summed E-state index contributed by atoms with van der Waals surface area (Å²) in [6.07, 6.45) is 1.15. The van der Waals surface area contributed by atoms with Crippen molar-refractivity contribution in [3.8, 4) is 5.75 Å². The standard InChI is InChI=1S/C16H25NO/c1-10-7-11(2)13(14(18-6)12(10)3)16(9-17)8-15(16,4)5/h7H,8-9,17H2,1-6H3. The molecule has 2 heteroatoms. The van der Waals surface area contributed by atoms with Gasteiger partial charge in [-0.25, -0.2) is 0 Å². The number of hydrogen-bond acceptors (Lipinski definition) is 2. The van der Waals surface area contributed by atoms with Crippen LogP contribution in [0.25, 0.3) is 0 Å². The smallest absolute Gasteiger partial charge is 0.126 e. The van der Waals surface area contributed by atoms with E-state index in [4.69, 9.17) is 10.5 Å². The van der Waals surface area contributed by atoms with Crippen molar-refractivity contribution in [2.75, 3.05) is 13.7 Å². The first-order valence-corrected chi connectivity index (χ1v) is 6.66. The molecule has 0 spiro atoms. The van der Waals surface area contributed by atoms with Crippen molar-refractivity contribution in [2.24, 2.45) is 11.1 Å². The highest BCUT2D eigenvalue weighted by atomic mass is 16.5. The summed E-state index contributed by atoms with van der Waals surface area (Å²) in [7, 11) is 1.77. The molecule has 0 aliphatic heterocycles. The second kappa shape index (κ2) is 3.99. The van der Waals surface area contributed by atoms with Crippen LogP contribution in [0.1, 0.15) is 42.5 Å². The molecule has 0 bridgehead atoms. The lowest BCUT2D eigenvalue weighted by atomic mass is 9.82. The van der Waals surface area contributed by atoms with Crippen LogP contribution in [0.2, 0.25) is 0 Å². The van der Waals surface area contributed by atoms with Crippen molar-refractivity contribution < 1.29 is 4.74 Å². The molecule has 0 saturated heterocycles. The van der Waals surface area contributed by atoms with Gasteiger partial charge in [0.15, 0.2) is 0 Å². The van der Waals surface area contributed by atoms with E-state index >= 15 is 0 Å². The van der Waals surface area contributed by atoms with Crippen molar-refractivity contribution in [3.05, 3.63) is 28.3 Å². The lowest BCUT2D eigenvalue weighted by molar-refractivity contribution is 0.391. The van der Waals surface area contributed by atoms with Gasteiger partial charge in [0.05, 0.1) is 7.11 Å². The third-order valence-corrected chi connectivity index (χ3v) is 4.93. The summed E-state index contributed by atoms with van der Waals surface area (Å²) in [4.78, 5) is 0. The first kappa shape index (κ1) is 13.4. The van der Waals surface area contributed by atoms with E-state index in [1.165, 1.54) is 22.3 Å². The summed E-state index contributed by atoms with van der Waals surface area (Å²) in [5, 5.41) is 0. The molecule has 0 amide bonds. The Bertz CT molecular complexity index is 490. The van der Waals surface area contributed by atoms with E-state index in [0.29, 0.717) is 6.54 Å². The molecule has 1 atom stereocenters. The molecule has 2 nitrogen and oxygen atoms in total. The Morgan fingerprint density at radius 2 is 1.78 bits per heavy atom. The zero-order valence-electron chi connectivity index (χ0n) is 12.5. The van der Waals surface area contributed by atoms with E-state index in [9.17, 15) is 0 Å². The van der Waals surface area contributed by atoms with Crippen LogP contribution in [0.3, 0.4) is 0 Å². The maximum Gasteiger partial charge on any atom is 0.126 e. The highest BCUT2D eigenvalue weighted by Gasteiger charge is 2.62. The minimum absolute atomic E-state index is 0.0981. The molecule has 1 fully saturated rings. The molecule has 0 aromatic heterocycles. The maximum atomic E-state index is 6.10. The molecule has 0 radical (unpaired) electrons. The molecule has 18 heavy (non-hydrogen) atoms. The molecule has 2 rings (SSSR count). The fourth-order valence-electron chi connectivity index (χ4n) is 3.49. The largest absolute Gasteiger partial charge is 0.496 e. The lowest BCUT2D eigenvalue weighted by Gasteiger charge is -2.26. The number of aryl methyl sites for hydroxylation is 2. The molecule has 1 unspecified atom stereocenters. The first-order valence-electron chi connectivity index (χ1n) is 6.66. The lowest BCUT2D eigenvalue weighted by Crippen LogP contribution is -2.27. The van der Waals surface area contributed by atoms with Crippen molar-refractivity contribution in [1.29, 1.82) is 0 Å². The number of ether oxygens (including phenoxy) is 1. The van der Waals surface area contributed by atoms with Crippen molar-refractivity contribution in [3.63, 3.8) is 0 Å². The van der Waals surface area contributed by atoms with Crippen LogP contribution in [0.4, 0.5) is 0 Å². The van der Waals surface area contributed by atoms with Crippen LogP contribution < -0.4 is 10.5 Å². The summed E-state index contributed by atoms with van der Waals surface area (Å²) in [5.74, 6) is 1.04. The fraction of sp³-hybridized carbons (Fsp3) is 0.625. The van der Waals surface area contributed by atoms with Gasteiger partial charge in [0.2, 0.25) is 0 Å². The zero-order chi connectivity index (χ0) is 13.7. The van der Waals surface area contributed by atoms with Gasteiger partial charge in [-0.3, -0.25) is 0 Å². The predicted molar refractivity (Wildman–Crippen MR) is 76.3 cm³/mol. The van der Waals surface area contributed by atoms with Crippen LogP contribution in [-0.4, -0.2) is 13.7 Å². The van der Waals surface area contributed by atoms with Gasteiger partial charge in [-0.1, -0.05) is 19.9 Å². The second-order valence-electron chi connectivity index (χ2n) is 6.39. The maximum absolute atomic E-state index is 6.10. The molecule has 1 aromatic carbocycles. The van der Waals surface area contributed by atoms with Crippen molar-refractivity contribution in [1.82, 2.24) is 0 Å². The van der Waals surface area contributed by atoms with E-state index in [2.05, 4.69) is 40.7 Å². The Morgan fingerprint density at radius 1 is 1.22 bits per heavy atom. The van der Waals surface area contributed by atoms with Crippen LogP contribution in [0.15, 0.2) is 6.07 Å². The minimum atomic E-state index is 0.0981. The number of methoxy groups -OCH3 is 1. The SMILES string of the molecule is COc1c(C)c(C)cc(C)c1C1(CN)CC1(C)C. The third kappa shape index (κ3) is 1.58. The van der Waals surface area contributed by atoms with E-state index in [-0.39, 0.29) is 10.8 Å². The minimum Gasteiger partial charge on any atom is -0.496 e. The van der Waals surface area contributed by atoms with Gasteiger partial charge >= 0.3 is 0 Å². The number of benzene rings is 1. The summed E-state index contributed by atoms with van der Waals surface area (Å²) >= 11 is 0. The van der Waals surface area contributed by atoms with Crippen LogP contribution in [0.5, 0.6) is 5.75 Å². The monoisotopic (exact) mass is 247 g/mol. The Morgan fingerprint density at radius 3 is 2.17 bits per heavy atom. The zero-order valence-corrected chi connectivity index (χ0v) is 12.5. The second-order valence-corrected chi connectivity index (χ2v) is 6.39. The molecule has 1 aromatic rings. The van der Waals surface area contributed by atoms with Gasteiger partial charge in [-0.15, -0.1) is 0 Å². The Hall–Kier alpha value is -1.02. The highest BCUT2D eigenvalue weighted by molar-refractivity contribution is 5.57. The average molecular weight is 247 g/mol. The van der Waals surface area contributed by atoms with Crippen LogP contribution in [0, 0.1) is 26.2 Å². The molecule has 2 N–H and O–H groups in total. The van der Waals surface area contributed by atoms with Crippen LogP contribution >= 0.6 is 0 Å². The van der Waals surface area contributed by atoms with Gasteiger partial charge in [-0.2, -0.15) is 0 Å². The summed E-state index contributed by atoms with van der Waals surface area (Å²) < 4.78 is 5.70. The molecule has 0 heterocycles. The quantitative estimate of drug-likeness (QED) is 0.890. The molecule has 1 aliphatic carbocycles. The molecule has 1 aliphatic rings. The first-order chi connectivity index (χ1) is 8.30. The van der Waals surface area contributed by atoms with Gasteiger partial charge in [0.25, 0.3) is 0 Å². The summed E-state index contributed by atoms with van der Waals surface area (Å²) in [6.45, 7) is 11.7. The van der Waals surface area contributed by atoms with Crippen LogP contribution in [-0.2, 0) is 5.41 Å². The normalized spacial score (nSPS) is 25.1. The molecular weight excluding hydrogens is 222 g/mol. The highest BCUT2D eigenvalue weighted by Crippen LogP contribution is 2.66. The fourth-order valence-corrected chi connectivity index (χ4v) is 3.49. The van der Waals surface area contributed by atoms with Crippen molar-refractivity contribution >= 4 is 0 Å². The van der Waals surface area contributed by atoms with E-state index in [1.807, 2.05) is 0 Å².